The summed E-state index contributed by atoms with van der Waals surface area (Å²) in [6, 6.07) is 14.8. The number of nitrogens with one attached hydrogen (secondary N) is 2. The van der Waals surface area contributed by atoms with Gasteiger partial charge in [-0.2, -0.15) is 0 Å². The third-order valence-electron chi connectivity index (χ3n) is 4.67. The van der Waals surface area contributed by atoms with Crippen LogP contribution in [0.2, 0.25) is 0 Å². The summed E-state index contributed by atoms with van der Waals surface area (Å²) in [5, 5.41) is 2.78. The highest BCUT2D eigenvalue weighted by Crippen LogP contribution is 2.22. The molecule has 2 aromatic carbocycles. The number of ether oxygens (including phenoxy) is 1. The van der Waals surface area contributed by atoms with E-state index in [-0.39, 0.29) is 29.9 Å². The van der Waals surface area contributed by atoms with Crippen molar-refractivity contribution in [2.45, 2.75) is 33.4 Å². The van der Waals surface area contributed by atoms with Crippen molar-refractivity contribution in [1.82, 2.24) is 10.3 Å². The molecule has 0 fully saturated rings. The quantitative estimate of drug-likeness (QED) is 0.658. The Hall–Kier alpha value is -3.41. The number of rotatable bonds is 6. The lowest BCUT2D eigenvalue weighted by atomic mass is 10.1. The van der Waals surface area contributed by atoms with Gasteiger partial charge in [0.15, 0.2) is 0 Å². The maximum Gasteiger partial charge on any atom is 0.253 e. The molecule has 29 heavy (non-hydrogen) atoms. The number of H-pyrrole nitrogens is 1. The van der Waals surface area contributed by atoms with Crippen molar-refractivity contribution >= 4 is 5.91 Å². The number of carbonyl (C=O) groups excluding carboxylic acids is 1. The summed E-state index contributed by atoms with van der Waals surface area (Å²) in [5.74, 6) is -0.183. The monoisotopic (exact) mass is 394 g/mol. The molecule has 5 nitrogen and oxygen atoms in total. The van der Waals surface area contributed by atoms with Gasteiger partial charge in [0.1, 0.15) is 17.7 Å². The molecule has 0 aliphatic heterocycles. The van der Waals surface area contributed by atoms with Crippen LogP contribution in [0.5, 0.6) is 5.75 Å². The van der Waals surface area contributed by atoms with Gasteiger partial charge >= 0.3 is 0 Å². The number of benzene rings is 2. The number of hydrogen-bond acceptors (Lipinski definition) is 3. The van der Waals surface area contributed by atoms with Gasteiger partial charge in [-0.3, -0.25) is 9.59 Å². The van der Waals surface area contributed by atoms with E-state index in [4.69, 9.17) is 4.74 Å². The Morgan fingerprint density at radius 2 is 1.86 bits per heavy atom. The first-order valence-corrected chi connectivity index (χ1v) is 9.33. The van der Waals surface area contributed by atoms with Gasteiger partial charge in [-0.05, 0) is 62.2 Å². The minimum absolute atomic E-state index is 0.154. The molecule has 0 spiro atoms. The Bertz CT molecular complexity index is 1070. The summed E-state index contributed by atoms with van der Waals surface area (Å²) in [7, 11) is 0. The number of hydrogen-bond donors (Lipinski definition) is 2. The number of carbonyl (C=O) groups is 1. The van der Waals surface area contributed by atoms with Crippen LogP contribution < -0.4 is 15.6 Å². The summed E-state index contributed by atoms with van der Waals surface area (Å²) >= 11 is 0. The standard InChI is InChI=1S/C23H23FN2O3/c1-14-11-15(2)26-23(28)21(14)13-25-22(27)18-9-7-17(8-10-18)16(3)29-20-6-4-5-19(24)12-20/h4-12,16H,13H2,1-3H3,(H,25,27)(H,26,28)/t16-/m1/s1. The van der Waals surface area contributed by atoms with Crippen molar-refractivity contribution in [2.75, 3.05) is 0 Å². The smallest absolute Gasteiger partial charge is 0.253 e. The topological polar surface area (TPSA) is 71.2 Å². The van der Waals surface area contributed by atoms with Gasteiger partial charge in [0, 0.05) is 29.4 Å². The second-order valence-corrected chi connectivity index (χ2v) is 6.97. The number of aromatic nitrogens is 1. The molecule has 6 heteroatoms. The minimum Gasteiger partial charge on any atom is -0.486 e. The van der Waals surface area contributed by atoms with E-state index >= 15 is 0 Å². The van der Waals surface area contributed by atoms with E-state index < -0.39 is 0 Å². The molecule has 0 saturated carbocycles. The van der Waals surface area contributed by atoms with Crippen LogP contribution in [0.15, 0.2) is 59.4 Å². The molecule has 1 atom stereocenters. The summed E-state index contributed by atoms with van der Waals surface area (Å²) < 4.78 is 19.0. The van der Waals surface area contributed by atoms with Gasteiger partial charge in [-0.15, -0.1) is 0 Å². The molecule has 1 heterocycles. The third kappa shape index (κ3) is 5.10. The second-order valence-electron chi connectivity index (χ2n) is 6.97. The molecule has 3 aromatic rings. The Balaban J connectivity index is 1.63. The lowest BCUT2D eigenvalue weighted by molar-refractivity contribution is 0.0950. The van der Waals surface area contributed by atoms with Crippen LogP contribution in [0.3, 0.4) is 0 Å². The fourth-order valence-corrected chi connectivity index (χ4v) is 3.09. The predicted octanol–water partition coefficient (Wildman–Crippen LogP) is 4.20. The van der Waals surface area contributed by atoms with Crippen molar-refractivity contribution in [2.24, 2.45) is 0 Å². The van der Waals surface area contributed by atoms with Crippen molar-refractivity contribution < 1.29 is 13.9 Å². The van der Waals surface area contributed by atoms with Crippen LogP contribution in [0.1, 0.15) is 45.8 Å². The van der Waals surface area contributed by atoms with E-state index in [0.717, 1.165) is 16.8 Å². The molecule has 150 valence electrons. The molecule has 3 rings (SSSR count). The van der Waals surface area contributed by atoms with Crippen LogP contribution in [0, 0.1) is 19.7 Å². The molecule has 2 N–H and O–H groups in total. The fraction of sp³-hybridized carbons (Fsp3) is 0.217. The minimum atomic E-state index is -0.357. The molecule has 0 radical (unpaired) electrons. The maximum atomic E-state index is 13.3. The van der Waals surface area contributed by atoms with Crippen molar-refractivity contribution in [3.63, 3.8) is 0 Å². The Morgan fingerprint density at radius 1 is 1.14 bits per heavy atom. The van der Waals surface area contributed by atoms with E-state index in [1.54, 1.807) is 36.4 Å². The van der Waals surface area contributed by atoms with E-state index in [9.17, 15) is 14.0 Å². The Morgan fingerprint density at radius 3 is 2.52 bits per heavy atom. The van der Waals surface area contributed by atoms with E-state index in [1.807, 2.05) is 26.8 Å². The maximum absolute atomic E-state index is 13.3. The first-order valence-electron chi connectivity index (χ1n) is 9.33. The van der Waals surface area contributed by atoms with E-state index in [2.05, 4.69) is 10.3 Å². The van der Waals surface area contributed by atoms with Gasteiger partial charge in [-0.1, -0.05) is 18.2 Å². The number of amides is 1. The molecular weight excluding hydrogens is 371 g/mol. The first-order chi connectivity index (χ1) is 13.8. The summed E-state index contributed by atoms with van der Waals surface area (Å²) in [5.41, 5.74) is 3.31. The van der Waals surface area contributed by atoms with Gasteiger partial charge in [0.05, 0.1) is 0 Å². The van der Waals surface area contributed by atoms with Crippen molar-refractivity contribution in [3.8, 4) is 5.75 Å². The van der Waals surface area contributed by atoms with Crippen LogP contribution >= 0.6 is 0 Å². The summed E-state index contributed by atoms with van der Waals surface area (Å²) in [4.78, 5) is 27.2. The predicted molar refractivity (Wildman–Crippen MR) is 110 cm³/mol. The van der Waals surface area contributed by atoms with Crippen LogP contribution in [-0.4, -0.2) is 10.9 Å². The van der Waals surface area contributed by atoms with Crippen LogP contribution in [0.25, 0.3) is 0 Å². The van der Waals surface area contributed by atoms with Crippen LogP contribution in [0.4, 0.5) is 4.39 Å². The normalized spacial score (nSPS) is 11.7. The zero-order valence-electron chi connectivity index (χ0n) is 16.6. The fourth-order valence-electron chi connectivity index (χ4n) is 3.09. The zero-order chi connectivity index (χ0) is 21.0. The highest BCUT2D eigenvalue weighted by Gasteiger charge is 2.12. The number of pyridine rings is 1. The van der Waals surface area contributed by atoms with Gasteiger partial charge < -0.3 is 15.0 Å². The SMILES string of the molecule is Cc1cc(C)c(CNC(=O)c2ccc([C@@H](C)Oc3cccc(F)c3)cc2)c(=O)[nH]1. The van der Waals surface area contributed by atoms with Gasteiger partial charge in [-0.25, -0.2) is 4.39 Å². The molecule has 0 aliphatic rings. The Labute approximate surface area is 168 Å². The number of aromatic amines is 1. The Kier molecular flexibility index (Phi) is 6.12. The van der Waals surface area contributed by atoms with Crippen LogP contribution in [-0.2, 0) is 6.54 Å². The number of halogens is 1. The zero-order valence-corrected chi connectivity index (χ0v) is 16.6. The van der Waals surface area contributed by atoms with E-state index in [1.165, 1.54) is 12.1 Å². The summed E-state index contributed by atoms with van der Waals surface area (Å²) in [6.45, 7) is 5.67. The van der Waals surface area contributed by atoms with E-state index in [0.29, 0.717) is 16.9 Å². The second kappa shape index (κ2) is 8.73. The average molecular weight is 394 g/mol. The highest BCUT2D eigenvalue weighted by atomic mass is 19.1. The van der Waals surface area contributed by atoms with Gasteiger partial charge in [0.2, 0.25) is 0 Å². The molecule has 0 saturated heterocycles. The number of aryl methyl sites for hydroxylation is 2. The molecule has 1 aromatic heterocycles. The highest BCUT2D eigenvalue weighted by molar-refractivity contribution is 5.94. The van der Waals surface area contributed by atoms with Crippen molar-refractivity contribution in [1.29, 1.82) is 0 Å². The largest absolute Gasteiger partial charge is 0.486 e. The summed E-state index contributed by atoms with van der Waals surface area (Å²) in [6.07, 6.45) is -0.303. The molecule has 1 amide bonds. The molecule has 0 bridgehead atoms. The van der Waals surface area contributed by atoms with Crippen molar-refractivity contribution in [3.05, 3.63) is 98.7 Å². The third-order valence-corrected chi connectivity index (χ3v) is 4.67. The lowest BCUT2D eigenvalue weighted by Crippen LogP contribution is -2.27. The molecule has 0 aliphatic carbocycles. The molecule has 0 unspecified atom stereocenters. The first kappa shape index (κ1) is 20.3. The average Bonchev–Trinajstić information content (AvgIpc) is 2.67. The molecular formula is C23H23FN2O3. The van der Waals surface area contributed by atoms with Gasteiger partial charge in [0.25, 0.3) is 11.5 Å². The lowest BCUT2D eigenvalue weighted by Gasteiger charge is -2.15.